The highest BCUT2D eigenvalue weighted by molar-refractivity contribution is 5.83. The summed E-state index contributed by atoms with van der Waals surface area (Å²) in [6, 6.07) is 16.5. The van der Waals surface area contributed by atoms with E-state index < -0.39 is 0 Å². The third-order valence-corrected chi connectivity index (χ3v) is 3.54. The van der Waals surface area contributed by atoms with Crippen molar-refractivity contribution >= 4 is 10.8 Å². The molecule has 2 aromatic carbocycles. The van der Waals surface area contributed by atoms with Crippen LogP contribution in [0.3, 0.4) is 0 Å². The van der Waals surface area contributed by atoms with Crippen LogP contribution >= 0.6 is 0 Å². The minimum Gasteiger partial charge on any atom is -0.489 e. The van der Waals surface area contributed by atoms with Crippen molar-refractivity contribution < 1.29 is 9.15 Å². The predicted octanol–water partition coefficient (Wildman–Crippen LogP) is 4.04. The summed E-state index contributed by atoms with van der Waals surface area (Å²) in [6.45, 7) is 3.23. The first-order valence-electron chi connectivity index (χ1n) is 7.10. The number of ether oxygens (including phenoxy) is 1. The normalized spacial score (nSPS) is 11.0. The minimum absolute atomic E-state index is 0.525. The topological polar surface area (TPSA) is 34.4 Å². The van der Waals surface area contributed by atoms with Crippen molar-refractivity contribution in [3.63, 3.8) is 0 Å². The second kappa shape index (κ2) is 6.02. The van der Waals surface area contributed by atoms with Gasteiger partial charge in [0.1, 0.15) is 23.9 Å². The Morgan fingerprint density at radius 3 is 2.67 bits per heavy atom. The first kappa shape index (κ1) is 13.7. The van der Waals surface area contributed by atoms with Gasteiger partial charge in [-0.3, -0.25) is 0 Å². The largest absolute Gasteiger partial charge is 0.489 e. The number of rotatable bonds is 5. The van der Waals surface area contributed by atoms with E-state index in [1.165, 1.54) is 10.8 Å². The van der Waals surface area contributed by atoms with Crippen LogP contribution in [0, 0.1) is 6.92 Å². The number of hydrogen-bond donors (Lipinski definition) is 1. The van der Waals surface area contributed by atoms with Crippen molar-refractivity contribution in [1.82, 2.24) is 5.32 Å². The molecular formula is C18H19NO2. The fourth-order valence-corrected chi connectivity index (χ4v) is 2.41. The Labute approximate surface area is 124 Å². The van der Waals surface area contributed by atoms with Crippen LogP contribution in [0.1, 0.15) is 17.1 Å². The first-order chi connectivity index (χ1) is 10.3. The number of fused-ring (bicyclic) bond motifs is 1. The summed E-state index contributed by atoms with van der Waals surface area (Å²) >= 11 is 0. The van der Waals surface area contributed by atoms with Crippen molar-refractivity contribution in [2.75, 3.05) is 7.05 Å². The predicted molar refractivity (Wildman–Crippen MR) is 84.5 cm³/mol. The van der Waals surface area contributed by atoms with Crippen molar-refractivity contribution in [3.05, 3.63) is 65.6 Å². The molecule has 3 rings (SSSR count). The minimum atomic E-state index is 0.525. The van der Waals surface area contributed by atoms with E-state index in [2.05, 4.69) is 29.6 Å². The second-order valence-corrected chi connectivity index (χ2v) is 5.12. The molecule has 0 aliphatic heterocycles. The molecule has 0 aliphatic rings. The van der Waals surface area contributed by atoms with Gasteiger partial charge in [0, 0.05) is 5.56 Å². The van der Waals surface area contributed by atoms with Gasteiger partial charge in [0.15, 0.2) is 0 Å². The SMILES string of the molecule is CNCc1cc(COc2ccc3ccccc3c2)c(C)o1. The molecule has 1 aromatic heterocycles. The van der Waals surface area contributed by atoms with Crippen molar-refractivity contribution in [2.24, 2.45) is 0 Å². The number of aryl methyl sites for hydroxylation is 1. The van der Waals surface area contributed by atoms with Gasteiger partial charge < -0.3 is 14.5 Å². The maximum Gasteiger partial charge on any atom is 0.120 e. The van der Waals surface area contributed by atoms with Crippen molar-refractivity contribution in [3.8, 4) is 5.75 Å². The molecule has 0 bridgehead atoms. The maximum atomic E-state index is 5.89. The third-order valence-electron chi connectivity index (χ3n) is 3.54. The van der Waals surface area contributed by atoms with Gasteiger partial charge in [-0.15, -0.1) is 0 Å². The molecule has 21 heavy (non-hydrogen) atoms. The van der Waals surface area contributed by atoms with Gasteiger partial charge in [0.25, 0.3) is 0 Å². The fourth-order valence-electron chi connectivity index (χ4n) is 2.41. The van der Waals surface area contributed by atoms with Gasteiger partial charge in [-0.25, -0.2) is 0 Å². The average molecular weight is 281 g/mol. The number of hydrogen-bond acceptors (Lipinski definition) is 3. The van der Waals surface area contributed by atoms with E-state index >= 15 is 0 Å². The van der Waals surface area contributed by atoms with E-state index in [1.54, 1.807) is 0 Å². The molecule has 3 heteroatoms. The number of benzene rings is 2. The van der Waals surface area contributed by atoms with Crippen LogP contribution in [0.2, 0.25) is 0 Å². The Morgan fingerprint density at radius 1 is 1.05 bits per heavy atom. The summed E-state index contributed by atoms with van der Waals surface area (Å²) in [5.74, 6) is 2.73. The Morgan fingerprint density at radius 2 is 1.86 bits per heavy atom. The maximum absolute atomic E-state index is 5.89. The average Bonchev–Trinajstić information content (AvgIpc) is 2.85. The standard InChI is InChI=1S/C18H19NO2/c1-13-16(10-18(21-13)11-19-2)12-20-17-8-7-14-5-3-4-6-15(14)9-17/h3-10,19H,11-12H2,1-2H3. The lowest BCUT2D eigenvalue weighted by atomic mass is 10.1. The highest BCUT2D eigenvalue weighted by atomic mass is 16.5. The Kier molecular flexibility index (Phi) is 3.93. The molecule has 1 N–H and O–H groups in total. The molecule has 0 saturated heterocycles. The van der Waals surface area contributed by atoms with Gasteiger partial charge in [-0.2, -0.15) is 0 Å². The van der Waals surface area contributed by atoms with Crippen LogP contribution in [-0.4, -0.2) is 7.05 Å². The molecular weight excluding hydrogens is 262 g/mol. The number of furan rings is 1. The molecule has 1 heterocycles. The Hall–Kier alpha value is -2.26. The van der Waals surface area contributed by atoms with Crippen LogP contribution in [-0.2, 0) is 13.2 Å². The van der Waals surface area contributed by atoms with Crippen LogP contribution in [0.5, 0.6) is 5.75 Å². The summed E-state index contributed by atoms with van der Waals surface area (Å²) in [5, 5.41) is 5.50. The quantitative estimate of drug-likeness (QED) is 0.766. The third kappa shape index (κ3) is 3.09. The summed E-state index contributed by atoms with van der Waals surface area (Å²) in [6.07, 6.45) is 0. The fraction of sp³-hybridized carbons (Fsp3) is 0.222. The molecule has 0 spiro atoms. The summed E-state index contributed by atoms with van der Waals surface area (Å²) < 4.78 is 11.6. The van der Waals surface area contributed by atoms with E-state index in [0.29, 0.717) is 6.61 Å². The molecule has 108 valence electrons. The van der Waals surface area contributed by atoms with E-state index in [9.17, 15) is 0 Å². The second-order valence-electron chi connectivity index (χ2n) is 5.12. The molecule has 0 aliphatic carbocycles. The van der Waals surface area contributed by atoms with E-state index in [-0.39, 0.29) is 0 Å². The van der Waals surface area contributed by atoms with Crippen LogP contribution in [0.15, 0.2) is 52.9 Å². The molecule has 3 nitrogen and oxygen atoms in total. The summed E-state index contributed by atoms with van der Waals surface area (Å²) in [7, 11) is 1.91. The van der Waals surface area contributed by atoms with Gasteiger partial charge in [0.2, 0.25) is 0 Å². The first-order valence-corrected chi connectivity index (χ1v) is 7.10. The van der Waals surface area contributed by atoms with Crippen molar-refractivity contribution in [1.29, 1.82) is 0 Å². The molecule has 0 saturated carbocycles. The lowest BCUT2D eigenvalue weighted by molar-refractivity contribution is 0.303. The van der Waals surface area contributed by atoms with Crippen LogP contribution in [0.4, 0.5) is 0 Å². The summed E-state index contributed by atoms with van der Waals surface area (Å²) in [5.41, 5.74) is 1.09. The zero-order valence-electron chi connectivity index (χ0n) is 12.3. The lowest BCUT2D eigenvalue weighted by Crippen LogP contribution is -2.03. The van der Waals surface area contributed by atoms with Gasteiger partial charge >= 0.3 is 0 Å². The zero-order chi connectivity index (χ0) is 14.7. The molecule has 0 atom stereocenters. The monoisotopic (exact) mass is 281 g/mol. The zero-order valence-corrected chi connectivity index (χ0v) is 12.3. The van der Waals surface area contributed by atoms with E-state index in [0.717, 1.165) is 29.4 Å². The molecule has 3 aromatic rings. The highest BCUT2D eigenvalue weighted by Crippen LogP contribution is 2.22. The smallest absolute Gasteiger partial charge is 0.120 e. The molecule has 0 amide bonds. The number of nitrogens with one attached hydrogen (secondary N) is 1. The summed E-state index contributed by atoms with van der Waals surface area (Å²) in [4.78, 5) is 0. The van der Waals surface area contributed by atoms with Gasteiger partial charge in [-0.1, -0.05) is 30.3 Å². The van der Waals surface area contributed by atoms with E-state index in [4.69, 9.17) is 9.15 Å². The van der Waals surface area contributed by atoms with Gasteiger partial charge in [-0.05, 0) is 42.9 Å². The van der Waals surface area contributed by atoms with Crippen molar-refractivity contribution in [2.45, 2.75) is 20.1 Å². The molecule has 0 radical (unpaired) electrons. The Balaban J connectivity index is 1.73. The molecule has 0 unspecified atom stereocenters. The van der Waals surface area contributed by atoms with Crippen LogP contribution < -0.4 is 10.1 Å². The molecule has 0 fully saturated rings. The lowest BCUT2D eigenvalue weighted by Gasteiger charge is -2.06. The van der Waals surface area contributed by atoms with Crippen LogP contribution in [0.25, 0.3) is 10.8 Å². The highest BCUT2D eigenvalue weighted by Gasteiger charge is 2.07. The Bertz CT molecular complexity index is 746. The van der Waals surface area contributed by atoms with E-state index in [1.807, 2.05) is 38.2 Å². The van der Waals surface area contributed by atoms with Gasteiger partial charge in [0.05, 0.1) is 6.54 Å².